The van der Waals surface area contributed by atoms with E-state index in [-0.39, 0.29) is 15.4 Å². The first-order valence-electron chi connectivity index (χ1n) is 6.45. The Morgan fingerprint density at radius 2 is 1.94 bits per heavy atom. The number of nitrogens with zero attached hydrogens (tertiary/aromatic N) is 1. The summed E-state index contributed by atoms with van der Waals surface area (Å²) in [5.41, 5.74) is 1.36. The molecule has 0 aromatic heterocycles. The van der Waals surface area contributed by atoms with Crippen molar-refractivity contribution in [1.82, 2.24) is 0 Å². The van der Waals surface area contributed by atoms with E-state index >= 15 is 0 Å². The predicted molar refractivity (Wildman–Crippen MR) is 76.2 cm³/mol. The second-order valence-corrected chi connectivity index (χ2v) is 7.29. The smallest absolute Gasteiger partial charge is 0.162 e. The summed E-state index contributed by atoms with van der Waals surface area (Å²) in [5.74, 6) is 0.724. The Labute approximate surface area is 104 Å². The lowest BCUT2D eigenvalue weighted by molar-refractivity contribution is 0.138. The Bertz CT molecular complexity index is 206. The molecule has 0 fully saturated rings. The van der Waals surface area contributed by atoms with Crippen LogP contribution in [-0.4, -0.2) is 27.6 Å². The normalized spacial score (nSPS) is 14.3. The Morgan fingerprint density at radius 3 is 2.44 bits per heavy atom. The van der Waals surface area contributed by atoms with Gasteiger partial charge in [-0.25, -0.2) is 0 Å². The van der Waals surface area contributed by atoms with Crippen molar-refractivity contribution in [2.75, 3.05) is 6.54 Å². The van der Waals surface area contributed by atoms with Crippen molar-refractivity contribution in [3.8, 4) is 0 Å². The molecule has 0 heterocycles. The third-order valence-electron chi connectivity index (χ3n) is 2.17. The summed E-state index contributed by atoms with van der Waals surface area (Å²) in [4.78, 5) is 4.58. The van der Waals surface area contributed by atoms with Gasteiger partial charge in [0.25, 0.3) is 0 Å². The monoisotopic (exact) mass is 243 g/mol. The summed E-state index contributed by atoms with van der Waals surface area (Å²) in [6, 6.07) is 1.25. The molecule has 0 rings (SSSR count). The van der Waals surface area contributed by atoms with Gasteiger partial charge in [-0.2, -0.15) is 0 Å². The largest absolute Gasteiger partial charge is 0.419 e. The first kappa shape index (κ1) is 15.8. The zero-order valence-electron chi connectivity index (χ0n) is 12.0. The van der Waals surface area contributed by atoms with E-state index in [0.717, 1.165) is 18.9 Å². The van der Waals surface area contributed by atoms with Crippen LogP contribution in [0, 0.1) is 5.92 Å². The number of rotatable bonds is 7. The van der Waals surface area contributed by atoms with Crippen LogP contribution < -0.4 is 0 Å². The van der Waals surface area contributed by atoms with Crippen LogP contribution in [0.25, 0.3) is 0 Å². The van der Waals surface area contributed by atoms with Crippen molar-refractivity contribution < 1.29 is 4.43 Å². The summed E-state index contributed by atoms with van der Waals surface area (Å²) < 4.78 is 5.79. The van der Waals surface area contributed by atoms with Crippen molar-refractivity contribution in [3.63, 3.8) is 0 Å². The standard InChI is InChI=1S/C13H29NOSi/c1-11(2)10-12(3)14-8-7-9-16-15-13(4,5)6/h11H,7-10,16H2,1-6H3. The lowest BCUT2D eigenvalue weighted by Gasteiger charge is -2.19. The van der Waals surface area contributed by atoms with Gasteiger partial charge in [0.05, 0.1) is 0 Å². The summed E-state index contributed by atoms with van der Waals surface area (Å²) in [6.45, 7) is 14.0. The molecule has 0 aliphatic heterocycles. The highest BCUT2D eigenvalue weighted by molar-refractivity contribution is 6.27. The Kier molecular flexibility index (Phi) is 7.94. The van der Waals surface area contributed by atoms with Crippen LogP contribution in [0.1, 0.15) is 54.4 Å². The summed E-state index contributed by atoms with van der Waals surface area (Å²) in [6.07, 6.45) is 2.33. The molecule has 3 heteroatoms. The van der Waals surface area contributed by atoms with Crippen LogP contribution in [0.15, 0.2) is 4.99 Å². The molecule has 0 unspecified atom stereocenters. The van der Waals surface area contributed by atoms with Gasteiger partial charge in [-0.1, -0.05) is 13.8 Å². The Balaban J connectivity index is 3.46. The quantitative estimate of drug-likeness (QED) is 0.382. The van der Waals surface area contributed by atoms with Gasteiger partial charge in [0, 0.05) is 17.9 Å². The summed E-state index contributed by atoms with van der Waals surface area (Å²) in [5, 5.41) is 0. The minimum Gasteiger partial charge on any atom is -0.419 e. The minimum atomic E-state index is -0.329. The molecule has 0 aromatic rings. The van der Waals surface area contributed by atoms with Crippen molar-refractivity contribution in [2.24, 2.45) is 10.9 Å². The lowest BCUT2D eigenvalue weighted by atomic mass is 10.1. The summed E-state index contributed by atoms with van der Waals surface area (Å²) in [7, 11) is -0.329. The third kappa shape index (κ3) is 11.9. The number of hydrogen-bond donors (Lipinski definition) is 0. The maximum atomic E-state index is 5.79. The summed E-state index contributed by atoms with van der Waals surface area (Å²) >= 11 is 0. The van der Waals surface area contributed by atoms with Gasteiger partial charge in [0.1, 0.15) is 0 Å². The molecule has 0 saturated carbocycles. The fourth-order valence-corrected chi connectivity index (χ4v) is 2.70. The van der Waals surface area contributed by atoms with Crippen LogP contribution in [0.3, 0.4) is 0 Å². The molecule has 0 spiro atoms. The van der Waals surface area contributed by atoms with Gasteiger partial charge < -0.3 is 4.43 Å². The Hall–Kier alpha value is -0.153. The van der Waals surface area contributed by atoms with Gasteiger partial charge in [0.15, 0.2) is 9.76 Å². The average molecular weight is 243 g/mol. The van der Waals surface area contributed by atoms with E-state index in [1.165, 1.54) is 18.2 Å². The molecular formula is C13H29NOSi. The van der Waals surface area contributed by atoms with Crippen LogP contribution in [0.2, 0.25) is 6.04 Å². The third-order valence-corrected chi connectivity index (χ3v) is 4.03. The van der Waals surface area contributed by atoms with Gasteiger partial charge in [-0.15, -0.1) is 0 Å². The second-order valence-electron chi connectivity index (χ2n) is 5.88. The SMILES string of the molecule is CC(CC(C)C)=NCCC[SiH2]OC(C)(C)C. The van der Waals surface area contributed by atoms with E-state index in [4.69, 9.17) is 4.43 Å². The minimum absolute atomic E-state index is 0.0586. The molecule has 0 amide bonds. The molecule has 0 aromatic carbocycles. The second kappa shape index (κ2) is 8.01. The van der Waals surface area contributed by atoms with Gasteiger partial charge >= 0.3 is 0 Å². The predicted octanol–water partition coefficient (Wildman–Crippen LogP) is 3.20. The van der Waals surface area contributed by atoms with Crippen molar-refractivity contribution >= 4 is 15.5 Å². The maximum absolute atomic E-state index is 5.79. The average Bonchev–Trinajstić information content (AvgIpc) is 2.07. The molecule has 0 N–H and O–H groups in total. The fraction of sp³-hybridized carbons (Fsp3) is 0.923. The van der Waals surface area contributed by atoms with Crippen molar-refractivity contribution in [1.29, 1.82) is 0 Å². The molecule has 0 saturated heterocycles. The molecule has 0 atom stereocenters. The highest BCUT2D eigenvalue weighted by Crippen LogP contribution is 2.07. The zero-order valence-corrected chi connectivity index (χ0v) is 13.4. The molecular weight excluding hydrogens is 214 g/mol. The van der Waals surface area contributed by atoms with Crippen LogP contribution in [0.5, 0.6) is 0 Å². The van der Waals surface area contributed by atoms with Crippen LogP contribution >= 0.6 is 0 Å². The molecule has 0 bridgehead atoms. The zero-order chi connectivity index (χ0) is 12.6. The lowest BCUT2D eigenvalue weighted by Crippen LogP contribution is -2.21. The fourth-order valence-electron chi connectivity index (χ4n) is 1.52. The number of aliphatic imine (C=N–C) groups is 1. The van der Waals surface area contributed by atoms with E-state index < -0.39 is 0 Å². The van der Waals surface area contributed by atoms with Crippen molar-refractivity contribution in [2.45, 2.75) is 66.0 Å². The molecule has 96 valence electrons. The first-order chi connectivity index (χ1) is 7.31. The highest BCUT2D eigenvalue weighted by Gasteiger charge is 2.08. The molecule has 16 heavy (non-hydrogen) atoms. The molecule has 0 aliphatic carbocycles. The molecule has 0 aliphatic rings. The van der Waals surface area contributed by atoms with E-state index in [9.17, 15) is 0 Å². The van der Waals surface area contributed by atoms with Crippen LogP contribution in [-0.2, 0) is 4.43 Å². The van der Waals surface area contributed by atoms with Gasteiger partial charge in [-0.3, -0.25) is 4.99 Å². The Morgan fingerprint density at radius 1 is 1.31 bits per heavy atom. The number of hydrogen-bond acceptors (Lipinski definition) is 2. The molecule has 2 nitrogen and oxygen atoms in total. The maximum Gasteiger partial charge on any atom is 0.162 e. The van der Waals surface area contributed by atoms with E-state index in [0.29, 0.717) is 0 Å². The molecule has 0 radical (unpaired) electrons. The van der Waals surface area contributed by atoms with E-state index in [1.54, 1.807) is 0 Å². The first-order valence-corrected chi connectivity index (χ1v) is 8.03. The van der Waals surface area contributed by atoms with E-state index in [2.05, 4.69) is 46.5 Å². The van der Waals surface area contributed by atoms with Gasteiger partial charge in [-0.05, 0) is 52.5 Å². The highest BCUT2D eigenvalue weighted by atomic mass is 28.2. The topological polar surface area (TPSA) is 21.6 Å². The van der Waals surface area contributed by atoms with Crippen molar-refractivity contribution in [3.05, 3.63) is 0 Å². The van der Waals surface area contributed by atoms with E-state index in [1.807, 2.05) is 0 Å². The van der Waals surface area contributed by atoms with Gasteiger partial charge in [0.2, 0.25) is 0 Å². The van der Waals surface area contributed by atoms with Crippen LogP contribution in [0.4, 0.5) is 0 Å².